The zero-order valence-electron chi connectivity index (χ0n) is 18.2. The minimum Gasteiger partial charge on any atom is -0.497 e. The van der Waals surface area contributed by atoms with Crippen LogP contribution in [0, 0.1) is 6.92 Å². The lowest BCUT2D eigenvalue weighted by Crippen LogP contribution is -2.19. The molecule has 0 aliphatic carbocycles. The van der Waals surface area contributed by atoms with Gasteiger partial charge in [0.25, 0.3) is 10.1 Å². The van der Waals surface area contributed by atoms with Crippen LogP contribution in [0.2, 0.25) is 0 Å². The fraction of sp³-hybridized carbons (Fsp3) is 0.280. The van der Waals surface area contributed by atoms with Crippen molar-refractivity contribution in [2.45, 2.75) is 37.2 Å². The molecule has 5 nitrogen and oxygen atoms in total. The zero-order valence-corrected chi connectivity index (χ0v) is 19.1. The summed E-state index contributed by atoms with van der Waals surface area (Å²) in [7, 11) is -0.594. The summed E-state index contributed by atoms with van der Waals surface area (Å²) in [5.41, 5.74) is 3.09. The van der Waals surface area contributed by atoms with Gasteiger partial charge in [-0.05, 0) is 67.8 Å². The largest absolute Gasteiger partial charge is 0.497 e. The van der Waals surface area contributed by atoms with Gasteiger partial charge in [0.2, 0.25) is 0 Å². The topological polar surface area (TPSA) is 61.8 Å². The van der Waals surface area contributed by atoms with Gasteiger partial charge in [0.1, 0.15) is 11.5 Å². The third-order valence-corrected chi connectivity index (χ3v) is 6.64. The van der Waals surface area contributed by atoms with Crippen LogP contribution in [0.5, 0.6) is 11.5 Å². The molecule has 0 saturated carbocycles. The van der Waals surface area contributed by atoms with Gasteiger partial charge in [-0.1, -0.05) is 42.0 Å². The number of methoxy groups -OCH3 is 2. The average molecular weight is 441 g/mol. The van der Waals surface area contributed by atoms with E-state index >= 15 is 0 Å². The summed E-state index contributed by atoms with van der Waals surface area (Å²) in [4.78, 5) is 0.162. The molecule has 0 fully saturated rings. The van der Waals surface area contributed by atoms with E-state index in [1.54, 1.807) is 45.4 Å². The molecule has 0 saturated heterocycles. The summed E-state index contributed by atoms with van der Waals surface area (Å²) < 4.78 is 41.5. The normalized spacial score (nSPS) is 12.5. The Balaban J connectivity index is 1.85. The van der Waals surface area contributed by atoms with Gasteiger partial charge in [-0.15, -0.1) is 0 Å². The molecule has 0 spiro atoms. The van der Waals surface area contributed by atoms with Crippen LogP contribution in [0.1, 0.15) is 36.0 Å². The van der Waals surface area contributed by atoms with E-state index in [1.165, 1.54) is 0 Å². The van der Waals surface area contributed by atoms with Crippen molar-refractivity contribution in [3.63, 3.8) is 0 Å². The second-order valence-electron chi connectivity index (χ2n) is 7.51. The Kier molecular flexibility index (Phi) is 7.36. The lowest BCUT2D eigenvalue weighted by atomic mass is 9.87. The highest BCUT2D eigenvalue weighted by Gasteiger charge is 2.24. The minimum absolute atomic E-state index is 0.0555. The summed E-state index contributed by atoms with van der Waals surface area (Å²) in [6.07, 6.45) is -0.0375. The molecule has 0 heterocycles. The number of hydrogen-bond donors (Lipinski definition) is 0. The molecule has 6 heteroatoms. The number of hydrogen-bond acceptors (Lipinski definition) is 5. The molecule has 1 atom stereocenters. The lowest BCUT2D eigenvalue weighted by molar-refractivity contribution is 0.212. The Hall–Kier alpha value is -2.83. The molecule has 3 rings (SSSR count). The Morgan fingerprint density at radius 3 is 1.61 bits per heavy atom. The Morgan fingerprint density at radius 2 is 1.19 bits per heavy atom. The number of rotatable bonds is 9. The second-order valence-corrected chi connectivity index (χ2v) is 9.08. The standard InChI is InChI=1S/C25H28O5S/c1-18-5-15-24(16-6-18)31(26,27)30-19(2)17-25(20-7-11-22(28-3)12-8-20)21-9-13-23(29-4)14-10-21/h5-16,19,25H,17H2,1-4H3. The molecule has 1 unspecified atom stereocenters. The van der Waals surface area contributed by atoms with E-state index in [1.807, 2.05) is 55.5 Å². The molecule has 0 amide bonds. The predicted molar refractivity (Wildman–Crippen MR) is 121 cm³/mol. The van der Waals surface area contributed by atoms with Crippen LogP contribution < -0.4 is 9.47 Å². The summed E-state index contributed by atoms with van der Waals surface area (Å²) in [6.45, 7) is 3.69. The van der Waals surface area contributed by atoms with Crippen LogP contribution in [0.4, 0.5) is 0 Å². The Morgan fingerprint density at radius 1 is 0.742 bits per heavy atom. The van der Waals surface area contributed by atoms with E-state index in [4.69, 9.17) is 13.7 Å². The fourth-order valence-electron chi connectivity index (χ4n) is 3.49. The van der Waals surface area contributed by atoms with Crippen molar-refractivity contribution in [3.8, 4) is 11.5 Å². The molecule has 31 heavy (non-hydrogen) atoms. The van der Waals surface area contributed by atoms with E-state index in [2.05, 4.69) is 0 Å². The highest BCUT2D eigenvalue weighted by Crippen LogP contribution is 2.33. The van der Waals surface area contributed by atoms with Gasteiger partial charge in [0.05, 0.1) is 25.2 Å². The first-order valence-corrected chi connectivity index (χ1v) is 11.5. The van der Waals surface area contributed by atoms with Crippen molar-refractivity contribution in [1.82, 2.24) is 0 Å². The molecule has 3 aromatic rings. The Bertz CT molecular complexity index is 1020. The van der Waals surface area contributed by atoms with Crippen LogP contribution in [0.25, 0.3) is 0 Å². The van der Waals surface area contributed by atoms with E-state index in [0.29, 0.717) is 6.42 Å². The maximum atomic E-state index is 12.7. The molecule has 0 aromatic heterocycles. The number of benzene rings is 3. The fourth-order valence-corrected chi connectivity index (χ4v) is 4.58. The van der Waals surface area contributed by atoms with Crippen molar-refractivity contribution in [3.05, 3.63) is 89.5 Å². The third-order valence-electron chi connectivity index (χ3n) is 5.20. The first-order chi connectivity index (χ1) is 14.8. The van der Waals surface area contributed by atoms with Crippen LogP contribution in [-0.2, 0) is 14.3 Å². The number of aryl methyl sites for hydroxylation is 1. The molecule has 0 aliphatic rings. The van der Waals surface area contributed by atoms with E-state index < -0.39 is 16.2 Å². The van der Waals surface area contributed by atoms with Crippen molar-refractivity contribution >= 4 is 10.1 Å². The maximum Gasteiger partial charge on any atom is 0.297 e. The summed E-state index contributed by atoms with van der Waals surface area (Å²) in [5, 5.41) is 0. The quantitative estimate of drug-likeness (QED) is 0.421. The Labute approximate surface area is 184 Å². The highest BCUT2D eigenvalue weighted by atomic mass is 32.2. The van der Waals surface area contributed by atoms with Gasteiger partial charge in [-0.25, -0.2) is 0 Å². The van der Waals surface area contributed by atoms with Crippen LogP contribution in [0.15, 0.2) is 77.7 Å². The molecule has 0 bridgehead atoms. The van der Waals surface area contributed by atoms with E-state index in [0.717, 1.165) is 28.2 Å². The average Bonchev–Trinajstić information content (AvgIpc) is 2.77. The SMILES string of the molecule is COc1ccc(C(CC(C)OS(=O)(=O)c2ccc(C)cc2)c2ccc(OC)cc2)cc1. The summed E-state index contributed by atoms with van der Waals surface area (Å²) >= 11 is 0. The first kappa shape index (κ1) is 22.8. The van der Waals surface area contributed by atoms with Crippen LogP contribution in [0.3, 0.4) is 0 Å². The summed E-state index contributed by atoms with van der Waals surface area (Å²) in [5.74, 6) is 1.48. The van der Waals surface area contributed by atoms with Crippen molar-refractivity contribution in [2.24, 2.45) is 0 Å². The molecule has 164 valence electrons. The molecule has 0 N–H and O–H groups in total. The van der Waals surface area contributed by atoms with Gasteiger partial charge >= 0.3 is 0 Å². The highest BCUT2D eigenvalue weighted by molar-refractivity contribution is 7.86. The van der Waals surface area contributed by atoms with Gasteiger partial charge in [0, 0.05) is 5.92 Å². The first-order valence-electron chi connectivity index (χ1n) is 10.1. The molecular weight excluding hydrogens is 412 g/mol. The van der Waals surface area contributed by atoms with Gasteiger partial charge in [0.15, 0.2) is 0 Å². The van der Waals surface area contributed by atoms with Crippen molar-refractivity contribution in [2.75, 3.05) is 14.2 Å². The number of ether oxygens (including phenoxy) is 2. The zero-order chi connectivity index (χ0) is 22.4. The van der Waals surface area contributed by atoms with E-state index in [9.17, 15) is 8.42 Å². The maximum absolute atomic E-state index is 12.7. The predicted octanol–water partition coefficient (Wildman–Crippen LogP) is 5.33. The van der Waals surface area contributed by atoms with Gasteiger partial charge in [-0.2, -0.15) is 8.42 Å². The molecular formula is C25H28O5S. The minimum atomic E-state index is -3.85. The summed E-state index contributed by atoms with van der Waals surface area (Å²) in [6, 6.07) is 22.3. The lowest BCUT2D eigenvalue weighted by Gasteiger charge is -2.22. The monoisotopic (exact) mass is 440 g/mol. The van der Waals surface area contributed by atoms with E-state index in [-0.39, 0.29) is 10.8 Å². The third kappa shape index (κ3) is 5.87. The van der Waals surface area contributed by atoms with Crippen LogP contribution >= 0.6 is 0 Å². The second kappa shape index (κ2) is 9.98. The van der Waals surface area contributed by atoms with Gasteiger partial charge in [-0.3, -0.25) is 4.18 Å². The van der Waals surface area contributed by atoms with Crippen molar-refractivity contribution < 1.29 is 22.1 Å². The van der Waals surface area contributed by atoms with Gasteiger partial charge < -0.3 is 9.47 Å². The molecule has 0 aliphatic heterocycles. The van der Waals surface area contributed by atoms with Crippen molar-refractivity contribution in [1.29, 1.82) is 0 Å². The molecule has 0 radical (unpaired) electrons. The molecule has 3 aromatic carbocycles. The smallest absolute Gasteiger partial charge is 0.297 e. The van der Waals surface area contributed by atoms with Crippen LogP contribution in [-0.4, -0.2) is 28.7 Å².